The van der Waals surface area contributed by atoms with E-state index in [2.05, 4.69) is 0 Å². The normalized spacial score (nSPS) is 13.5. The maximum atomic E-state index is 12.1. The molecular weight excluding hydrogens is 302 g/mol. The van der Waals surface area contributed by atoms with Crippen LogP contribution in [-0.4, -0.2) is 10.9 Å². The van der Waals surface area contributed by atoms with Crippen LogP contribution < -0.4 is 0 Å². The first-order chi connectivity index (χ1) is 10.6. The first-order valence-electron chi connectivity index (χ1n) is 7.14. The summed E-state index contributed by atoms with van der Waals surface area (Å²) in [5.41, 5.74) is 3.73. The van der Waals surface area contributed by atoms with Gasteiger partial charge in [-0.3, -0.25) is 10.1 Å². The lowest BCUT2D eigenvalue weighted by Crippen LogP contribution is -2.08. The summed E-state index contributed by atoms with van der Waals surface area (Å²) in [5, 5.41) is 12.3. The first kappa shape index (κ1) is 14.7. The van der Waals surface area contributed by atoms with E-state index in [-0.39, 0.29) is 17.6 Å². The molecule has 0 radical (unpaired) electrons. The minimum absolute atomic E-state index is 0.0554. The van der Waals surface area contributed by atoms with Crippen LogP contribution in [0, 0.1) is 10.1 Å². The van der Waals surface area contributed by atoms with Gasteiger partial charge >= 0.3 is 11.0 Å². The maximum absolute atomic E-state index is 12.1. The van der Waals surface area contributed by atoms with Crippen molar-refractivity contribution < 1.29 is 14.5 Å². The van der Waals surface area contributed by atoms with Crippen molar-refractivity contribution in [2.24, 2.45) is 0 Å². The van der Waals surface area contributed by atoms with Gasteiger partial charge in [0.2, 0.25) is 0 Å². The summed E-state index contributed by atoms with van der Waals surface area (Å²) >= 11 is 1.03. The number of hydrogen-bond donors (Lipinski definition) is 0. The number of aryl methyl sites for hydroxylation is 2. The predicted molar refractivity (Wildman–Crippen MR) is 83.2 cm³/mol. The number of benzene rings is 1. The first-order valence-corrected chi connectivity index (χ1v) is 8.02. The molecule has 0 unspecified atom stereocenters. The van der Waals surface area contributed by atoms with Crippen molar-refractivity contribution in [3.8, 4) is 0 Å². The molecule has 1 aliphatic rings. The molecule has 2 aromatic rings. The fraction of sp³-hybridized carbons (Fsp3) is 0.312. The highest BCUT2D eigenvalue weighted by molar-refractivity contribution is 7.13. The summed E-state index contributed by atoms with van der Waals surface area (Å²) in [6.07, 6.45) is 4.44. The highest BCUT2D eigenvalue weighted by Crippen LogP contribution is 2.24. The molecule has 1 aromatic carbocycles. The third-order valence-electron chi connectivity index (χ3n) is 3.77. The molecule has 0 aliphatic heterocycles. The Morgan fingerprint density at radius 1 is 1.23 bits per heavy atom. The molecule has 3 rings (SSSR count). The van der Waals surface area contributed by atoms with Crippen LogP contribution in [-0.2, 0) is 24.2 Å². The summed E-state index contributed by atoms with van der Waals surface area (Å²) in [5.74, 6) is -0.387. The Morgan fingerprint density at radius 2 is 2.00 bits per heavy atom. The molecule has 0 N–H and O–H groups in total. The van der Waals surface area contributed by atoms with Crippen molar-refractivity contribution in [1.82, 2.24) is 0 Å². The molecule has 6 heteroatoms. The molecule has 114 valence electrons. The van der Waals surface area contributed by atoms with Gasteiger partial charge in [-0.25, -0.2) is 4.79 Å². The maximum Gasteiger partial charge on any atom is 0.338 e. The van der Waals surface area contributed by atoms with Gasteiger partial charge < -0.3 is 4.74 Å². The smallest absolute Gasteiger partial charge is 0.338 e. The quantitative estimate of drug-likeness (QED) is 0.487. The molecule has 1 aliphatic carbocycles. The average molecular weight is 317 g/mol. The number of ether oxygens (including phenoxy) is 1. The van der Waals surface area contributed by atoms with Crippen molar-refractivity contribution in [3.63, 3.8) is 0 Å². The average Bonchev–Trinajstić information content (AvgIpc) is 3.01. The highest BCUT2D eigenvalue weighted by Gasteiger charge is 2.15. The number of thiophene rings is 1. The fourth-order valence-corrected chi connectivity index (χ4v) is 3.34. The van der Waals surface area contributed by atoms with Crippen molar-refractivity contribution in [1.29, 1.82) is 0 Å². The van der Waals surface area contributed by atoms with Gasteiger partial charge in [0, 0.05) is 17.0 Å². The highest BCUT2D eigenvalue weighted by atomic mass is 32.1. The van der Waals surface area contributed by atoms with Gasteiger partial charge in [0.15, 0.2) is 0 Å². The van der Waals surface area contributed by atoms with Gasteiger partial charge in [0.1, 0.15) is 6.61 Å². The number of carbonyl (C=O) groups is 1. The molecule has 0 spiro atoms. The number of carbonyl (C=O) groups excluding carboxylic acids is 1. The van der Waals surface area contributed by atoms with Gasteiger partial charge in [-0.2, -0.15) is 0 Å². The van der Waals surface area contributed by atoms with Gasteiger partial charge in [-0.1, -0.05) is 17.4 Å². The molecule has 0 saturated heterocycles. The zero-order valence-electron chi connectivity index (χ0n) is 11.9. The van der Waals surface area contributed by atoms with E-state index in [1.807, 2.05) is 12.1 Å². The lowest BCUT2D eigenvalue weighted by molar-refractivity contribution is -0.380. The van der Waals surface area contributed by atoms with E-state index >= 15 is 0 Å². The SMILES string of the molecule is O=C(OCc1csc([N+](=O)[O-])c1)c1ccc2c(c1)CCCC2. The molecule has 0 saturated carbocycles. The van der Waals surface area contributed by atoms with Crippen LogP contribution in [0.25, 0.3) is 0 Å². The standard InChI is InChI=1S/C16H15NO4S/c18-16(21-9-11-7-15(17(19)20)22-10-11)14-6-5-12-3-1-2-4-13(12)8-14/h5-8,10H,1-4,9H2. The second kappa shape index (κ2) is 6.27. The Hall–Kier alpha value is -2.21. The van der Waals surface area contributed by atoms with E-state index in [0.717, 1.165) is 30.6 Å². The van der Waals surface area contributed by atoms with Crippen molar-refractivity contribution >= 4 is 22.3 Å². The summed E-state index contributed by atoms with van der Waals surface area (Å²) in [7, 11) is 0. The molecule has 1 heterocycles. The number of nitro groups is 1. The van der Waals surface area contributed by atoms with Gasteiger partial charge in [-0.05, 0) is 48.9 Å². The van der Waals surface area contributed by atoms with E-state index in [9.17, 15) is 14.9 Å². The van der Waals surface area contributed by atoms with Crippen LogP contribution >= 0.6 is 11.3 Å². The van der Waals surface area contributed by atoms with Gasteiger partial charge in [0.25, 0.3) is 0 Å². The largest absolute Gasteiger partial charge is 0.457 e. The minimum atomic E-state index is -0.445. The molecule has 0 bridgehead atoms. The Labute approximate surface area is 131 Å². The van der Waals surface area contributed by atoms with Crippen LogP contribution in [0.2, 0.25) is 0 Å². The Kier molecular flexibility index (Phi) is 4.20. The lowest BCUT2D eigenvalue weighted by atomic mass is 9.90. The Bertz CT molecular complexity index is 723. The van der Waals surface area contributed by atoms with Crippen LogP contribution in [0.3, 0.4) is 0 Å². The van der Waals surface area contributed by atoms with Gasteiger partial charge in [0.05, 0.1) is 10.5 Å². The summed E-state index contributed by atoms with van der Waals surface area (Å²) in [4.78, 5) is 22.3. The number of rotatable bonds is 4. The van der Waals surface area contributed by atoms with E-state index in [1.165, 1.54) is 23.6 Å². The second-order valence-corrected chi connectivity index (χ2v) is 6.21. The molecule has 0 fully saturated rings. The fourth-order valence-electron chi connectivity index (χ4n) is 2.63. The zero-order valence-corrected chi connectivity index (χ0v) is 12.7. The number of fused-ring (bicyclic) bond motifs is 1. The minimum Gasteiger partial charge on any atom is -0.457 e. The van der Waals surface area contributed by atoms with Gasteiger partial charge in [-0.15, -0.1) is 0 Å². The molecular formula is C16H15NO4S. The van der Waals surface area contributed by atoms with E-state index < -0.39 is 4.92 Å². The third kappa shape index (κ3) is 3.17. The van der Waals surface area contributed by atoms with Crippen LogP contribution in [0.4, 0.5) is 5.00 Å². The molecule has 0 atom stereocenters. The Morgan fingerprint density at radius 3 is 2.73 bits per heavy atom. The summed E-state index contributed by atoms with van der Waals surface area (Å²) in [6.45, 7) is 0.0558. The lowest BCUT2D eigenvalue weighted by Gasteiger charge is -2.16. The number of nitrogens with zero attached hydrogens (tertiary/aromatic N) is 1. The molecule has 1 aromatic heterocycles. The van der Waals surface area contributed by atoms with E-state index in [4.69, 9.17) is 4.74 Å². The van der Waals surface area contributed by atoms with Crippen molar-refractivity contribution in [2.75, 3.05) is 0 Å². The predicted octanol–water partition coefficient (Wildman–Crippen LogP) is 3.89. The van der Waals surface area contributed by atoms with E-state index in [0.29, 0.717) is 11.1 Å². The zero-order chi connectivity index (χ0) is 15.5. The second-order valence-electron chi connectivity index (χ2n) is 5.32. The summed E-state index contributed by atoms with van der Waals surface area (Å²) in [6, 6.07) is 7.14. The molecule has 22 heavy (non-hydrogen) atoms. The van der Waals surface area contributed by atoms with Crippen molar-refractivity contribution in [3.05, 3.63) is 62.0 Å². The molecule has 5 nitrogen and oxygen atoms in total. The summed E-state index contributed by atoms with van der Waals surface area (Å²) < 4.78 is 5.24. The number of hydrogen-bond acceptors (Lipinski definition) is 5. The third-order valence-corrected chi connectivity index (χ3v) is 4.70. The molecule has 0 amide bonds. The number of esters is 1. The topological polar surface area (TPSA) is 69.4 Å². The monoisotopic (exact) mass is 317 g/mol. The van der Waals surface area contributed by atoms with Crippen LogP contribution in [0.15, 0.2) is 29.6 Å². The van der Waals surface area contributed by atoms with E-state index in [1.54, 1.807) is 11.4 Å². The van der Waals surface area contributed by atoms with Crippen LogP contribution in [0.5, 0.6) is 0 Å². The van der Waals surface area contributed by atoms with Crippen LogP contribution in [0.1, 0.15) is 39.9 Å². The van der Waals surface area contributed by atoms with Crippen molar-refractivity contribution in [2.45, 2.75) is 32.3 Å². The Balaban J connectivity index is 1.65.